The summed E-state index contributed by atoms with van der Waals surface area (Å²) >= 11 is 0. The van der Waals surface area contributed by atoms with E-state index in [0.717, 1.165) is 28.5 Å². The van der Waals surface area contributed by atoms with Gasteiger partial charge in [-0.1, -0.05) is 24.3 Å². The van der Waals surface area contributed by atoms with Gasteiger partial charge in [0.1, 0.15) is 17.8 Å². The van der Waals surface area contributed by atoms with Crippen LogP contribution in [0.15, 0.2) is 48.9 Å². The Morgan fingerprint density at radius 1 is 1.08 bits per heavy atom. The van der Waals surface area contributed by atoms with Crippen molar-refractivity contribution in [2.24, 2.45) is 0 Å². The average Bonchev–Trinajstić information content (AvgIpc) is 3.10. The Morgan fingerprint density at radius 2 is 1.92 bits per heavy atom. The molecule has 1 N–H and O–H groups in total. The van der Waals surface area contributed by atoms with Gasteiger partial charge in [-0.05, 0) is 29.7 Å². The van der Waals surface area contributed by atoms with E-state index >= 15 is 0 Å². The maximum atomic E-state index is 13.2. The number of fused-ring (bicyclic) bond motifs is 1. The molecule has 1 aromatic carbocycles. The maximum absolute atomic E-state index is 13.2. The number of H-pyrrole nitrogens is 1. The highest BCUT2D eigenvalue weighted by atomic mass is 19.4. The number of halogens is 3. The Balaban J connectivity index is 1.65. The topological polar surface area (TPSA) is 44.8 Å². The summed E-state index contributed by atoms with van der Waals surface area (Å²) in [5.74, 6) is 0.797. The van der Waals surface area contributed by atoms with Crippen molar-refractivity contribution in [3.05, 3.63) is 60.1 Å². The number of hydrogen-bond donors (Lipinski definition) is 1. The third-order valence-corrected chi connectivity index (χ3v) is 4.42. The zero-order valence-corrected chi connectivity index (χ0v) is 13.2. The summed E-state index contributed by atoms with van der Waals surface area (Å²) in [6.45, 7) is 1.12. The van der Waals surface area contributed by atoms with Crippen molar-refractivity contribution in [1.29, 1.82) is 0 Å². The number of benzene rings is 1. The van der Waals surface area contributed by atoms with Crippen LogP contribution in [0.3, 0.4) is 0 Å². The van der Waals surface area contributed by atoms with Gasteiger partial charge in [-0.25, -0.2) is 9.97 Å². The van der Waals surface area contributed by atoms with E-state index in [4.69, 9.17) is 0 Å². The van der Waals surface area contributed by atoms with Crippen molar-refractivity contribution in [3.8, 4) is 0 Å². The molecule has 1 aliphatic rings. The second-order valence-electron chi connectivity index (χ2n) is 5.91. The van der Waals surface area contributed by atoms with Crippen LogP contribution in [0, 0.1) is 0 Å². The molecule has 0 unspecified atom stereocenters. The smallest absolute Gasteiger partial charge is 0.352 e. The zero-order chi connectivity index (χ0) is 17.4. The first-order valence-electron chi connectivity index (χ1n) is 7.93. The predicted molar refractivity (Wildman–Crippen MR) is 90.1 cm³/mol. The normalized spacial score (nSPS) is 15.5. The van der Waals surface area contributed by atoms with Gasteiger partial charge in [-0.3, -0.25) is 0 Å². The number of aromatic amines is 1. The number of alkyl halides is 3. The molecule has 3 heterocycles. The molecule has 7 heteroatoms. The molecule has 3 aromatic rings. The van der Waals surface area contributed by atoms with Gasteiger partial charge >= 0.3 is 6.18 Å². The van der Waals surface area contributed by atoms with E-state index in [2.05, 4.69) is 19.9 Å². The van der Waals surface area contributed by atoms with E-state index in [0.29, 0.717) is 19.5 Å². The Bertz CT molecular complexity index is 943. The number of hydrogen-bond acceptors (Lipinski definition) is 3. The molecule has 0 amide bonds. The van der Waals surface area contributed by atoms with E-state index in [9.17, 15) is 13.2 Å². The molecule has 0 fully saturated rings. The van der Waals surface area contributed by atoms with Gasteiger partial charge in [0.05, 0.1) is 10.9 Å². The average molecular weight is 344 g/mol. The minimum Gasteiger partial charge on any atom is -0.352 e. The minimum absolute atomic E-state index is 0.268. The Hall–Kier alpha value is -2.83. The van der Waals surface area contributed by atoms with Crippen molar-refractivity contribution in [3.63, 3.8) is 0 Å². The van der Waals surface area contributed by atoms with E-state index in [1.807, 2.05) is 12.1 Å². The van der Waals surface area contributed by atoms with Crippen molar-refractivity contribution in [2.75, 3.05) is 18.0 Å². The van der Waals surface area contributed by atoms with Crippen LogP contribution in [-0.4, -0.2) is 28.0 Å². The Morgan fingerprint density at radius 3 is 2.68 bits per heavy atom. The lowest BCUT2D eigenvalue weighted by atomic mass is 9.94. The maximum Gasteiger partial charge on any atom is 0.416 e. The monoisotopic (exact) mass is 344 g/mol. The quantitative estimate of drug-likeness (QED) is 0.755. The number of anilines is 1. The summed E-state index contributed by atoms with van der Waals surface area (Å²) in [5.41, 5.74) is 1.17. The van der Waals surface area contributed by atoms with Gasteiger partial charge < -0.3 is 9.88 Å². The molecule has 0 radical (unpaired) electrons. The van der Waals surface area contributed by atoms with Crippen molar-refractivity contribution in [1.82, 2.24) is 15.0 Å². The van der Waals surface area contributed by atoms with Crippen LogP contribution in [0.4, 0.5) is 19.0 Å². The van der Waals surface area contributed by atoms with E-state index in [1.54, 1.807) is 18.3 Å². The molecule has 0 saturated carbocycles. The first kappa shape index (κ1) is 15.7. The van der Waals surface area contributed by atoms with Gasteiger partial charge in [-0.2, -0.15) is 13.2 Å². The molecule has 2 aromatic heterocycles. The van der Waals surface area contributed by atoms with Crippen molar-refractivity contribution >= 4 is 22.4 Å². The molecule has 0 aliphatic carbocycles. The summed E-state index contributed by atoms with van der Waals surface area (Å²) in [4.78, 5) is 13.6. The summed E-state index contributed by atoms with van der Waals surface area (Å²) in [6, 6.07) is 7.65. The van der Waals surface area contributed by atoms with Crippen molar-refractivity contribution < 1.29 is 13.2 Å². The number of rotatable bonds is 2. The molecule has 0 bridgehead atoms. The fourth-order valence-corrected chi connectivity index (χ4v) is 3.23. The highest BCUT2D eigenvalue weighted by Gasteiger charge is 2.34. The van der Waals surface area contributed by atoms with E-state index < -0.39 is 11.7 Å². The van der Waals surface area contributed by atoms with E-state index in [1.165, 1.54) is 12.4 Å². The molecule has 4 nitrogen and oxygen atoms in total. The standard InChI is InChI=1S/C18H15F3N4/c19-18(20,21)15-4-2-1-3-13(15)12-6-9-25(10-7-12)17-14-5-8-22-16(14)23-11-24-17/h1-6,8,11H,7,9-10H2,(H,22,23,24). The van der Waals surface area contributed by atoms with Crippen molar-refractivity contribution in [2.45, 2.75) is 12.6 Å². The number of nitrogens with zero attached hydrogens (tertiary/aromatic N) is 3. The highest BCUT2D eigenvalue weighted by Crippen LogP contribution is 2.37. The second-order valence-corrected chi connectivity index (χ2v) is 5.91. The lowest BCUT2D eigenvalue weighted by Gasteiger charge is -2.28. The lowest BCUT2D eigenvalue weighted by molar-refractivity contribution is -0.137. The Labute approximate surface area is 142 Å². The molecule has 128 valence electrons. The van der Waals surface area contributed by atoms with Crippen LogP contribution < -0.4 is 4.90 Å². The van der Waals surface area contributed by atoms with Crippen LogP contribution in [0.5, 0.6) is 0 Å². The third-order valence-electron chi connectivity index (χ3n) is 4.42. The summed E-state index contributed by atoms with van der Waals surface area (Å²) < 4.78 is 39.7. The Kier molecular flexibility index (Phi) is 3.71. The largest absolute Gasteiger partial charge is 0.416 e. The fourth-order valence-electron chi connectivity index (χ4n) is 3.23. The van der Waals surface area contributed by atoms with Crippen LogP contribution in [-0.2, 0) is 6.18 Å². The summed E-state index contributed by atoms with van der Waals surface area (Å²) in [5, 5.41) is 0.912. The minimum atomic E-state index is -4.35. The predicted octanol–water partition coefficient (Wildman–Crippen LogP) is 4.27. The fraction of sp³-hybridized carbons (Fsp3) is 0.222. The first-order chi connectivity index (χ1) is 12.0. The molecule has 0 saturated heterocycles. The molecular formula is C18H15F3N4. The summed E-state index contributed by atoms with van der Waals surface area (Å²) in [7, 11) is 0. The van der Waals surface area contributed by atoms with Gasteiger partial charge in [0.15, 0.2) is 0 Å². The SMILES string of the molecule is FC(F)(F)c1ccccc1C1=CCN(c2ncnc3[nH]ccc23)CC1. The lowest BCUT2D eigenvalue weighted by Crippen LogP contribution is -2.29. The molecule has 0 spiro atoms. The zero-order valence-electron chi connectivity index (χ0n) is 13.2. The molecule has 0 atom stereocenters. The van der Waals surface area contributed by atoms with Crippen LogP contribution in [0.2, 0.25) is 0 Å². The van der Waals surface area contributed by atoms with Gasteiger partial charge in [0.2, 0.25) is 0 Å². The number of nitrogens with one attached hydrogen (secondary N) is 1. The van der Waals surface area contributed by atoms with Gasteiger partial charge in [0.25, 0.3) is 0 Å². The molecular weight excluding hydrogens is 329 g/mol. The molecule has 4 rings (SSSR count). The highest BCUT2D eigenvalue weighted by molar-refractivity contribution is 5.87. The van der Waals surface area contributed by atoms with E-state index in [-0.39, 0.29) is 5.56 Å². The third kappa shape index (κ3) is 2.86. The molecule has 1 aliphatic heterocycles. The second kappa shape index (κ2) is 5.91. The van der Waals surface area contributed by atoms with Crippen LogP contribution in [0.25, 0.3) is 16.6 Å². The van der Waals surface area contributed by atoms with Crippen LogP contribution >= 0.6 is 0 Å². The van der Waals surface area contributed by atoms with Crippen LogP contribution in [0.1, 0.15) is 17.5 Å². The van der Waals surface area contributed by atoms with Gasteiger partial charge in [-0.15, -0.1) is 0 Å². The van der Waals surface area contributed by atoms with Gasteiger partial charge in [0, 0.05) is 19.3 Å². The summed E-state index contributed by atoms with van der Waals surface area (Å²) in [6.07, 6.45) is 1.33. The first-order valence-corrected chi connectivity index (χ1v) is 7.93. The molecule has 25 heavy (non-hydrogen) atoms. The number of aromatic nitrogens is 3.